The van der Waals surface area contributed by atoms with E-state index in [0.29, 0.717) is 0 Å². The number of sulfonamides is 1. The number of anilines is 2. The Morgan fingerprint density at radius 2 is 1.80 bits per heavy atom. The van der Waals surface area contributed by atoms with E-state index in [0.717, 1.165) is 24.3 Å². The molecule has 0 aliphatic carbocycles. The molecule has 0 bridgehead atoms. The van der Waals surface area contributed by atoms with Crippen LogP contribution in [0.3, 0.4) is 0 Å². The monoisotopic (exact) mass is 318 g/mol. The summed E-state index contributed by atoms with van der Waals surface area (Å²) in [5, 5.41) is -0.144. The van der Waals surface area contributed by atoms with Crippen molar-refractivity contribution in [3.8, 4) is 0 Å². The number of benzene rings is 2. The van der Waals surface area contributed by atoms with Crippen LogP contribution in [0.5, 0.6) is 0 Å². The van der Waals surface area contributed by atoms with E-state index in [-0.39, 0.29) is 16.4 Å². The minimum atomic E-state index is -4.13. The molecule has 0 heterocycles. The molecule has 0 amide bonds. The van der Waals surface area contributed by atoms with E-state index >= 15 is 0 Å². The molecule has 0 fully saturated rings. The molecule has 0 atom stereocenters. The molecule has 2 aromatic carbocycles. The van der Waals surface area contributed by atoms with Crippen LogP contribution in [0.4, 0.5) is 20.2 Å². The lowest BCUT2D eigenvalue weighted by Gasteiger charge is -2.10. The molecule has 20 heavy (non-hydrogen) atoms. The highest BCUT2D eigenvalue weighted by Crippen LogP contribution is 2.25. The van der Waals surface area contributed by atoms with Gasteiger partial charge in [0.1, 0.15) is 16.5 Å². The first-order chi connectivity index (χ1) is 9.29. The van der Waals surface area contributed by atoms with Crippen molar-refractivity contribution in [2.24, 2.45) is 0 Å². The predicted octanol–water partition coefficient (Wildman–Crippen LogP) is 3.00. The number of nitrogens with one attached hydrogen (secondary N) is 1. The molecule has 0 saturated heterocycles. The van der Waals surface area contributed by atoms with Gasteiger partial charge in [-0.3, -0.25) is 4.72 Å². The zero-order chi connectivity index (χ0) is 14.9. The fourth-order valence-electron chi connectivity index (χ4n) is 1.48. The van der Waals surface area contributed by atoms with Crippen LogP contribution in [0.2, 0.25) is 5.02 Å². The van der Waals surface area contributed by atoms with Crippen LogP contribution in [0.15, 0.2) is 41.3 Å². The first kappa shape index (κ1) is 14.5. The van der Waals surface area contributed by atoms with E-state index in [1.807, 2.05) is 0 Å². The molecule has 0 unspecified atom stereocenters. The first-order valence-electron chi connectivity index (χ1n) is 5.32. The van der Waals surface area contributed by atoms with Crippen molar-refractivity contribution in [2.45, 2.75) is 4.90 Å². The van der Waals surface area contributed by atoms with Gasteiger partial charge in [0.15, 0.2) is 0 Å². The molecular weight excluding hydrogens is 310 g/mol. The Morgan fingerprint density at radius 3 is 2.45 bits per heavy atom. The minimum absolute atomic E-state index is 0.0444. The summed E-state index contributed by atoms with van der Waals surface area (Å²) in [5.74, 6) is -1.52. The van der Waals surface area contributed by atoms with Crippen molar-refractivity contribution < 1.29 is 17.2 Å². The third-order valence-corrected chi connectivity index (χ3v) is 4.30. The van der Waals surface area contributed by atoms with Crippen LogP contribution in [-0.2, 0) is 10.0 Å². The van der Waals surface area contributed by atoms with Gasteiger partial charge < -0.3 is 5.73 Å². The quantitative estimate of drug-likeness (QED) is 0.854. The van der Waals surface area contributed by atoms with Crippen molar-refractivity contribution in [1.82, 2.24) is 0 Å². The Bertz CT molecular complexity index is 766. The van der Waals surface area contributed by atoms with Crippen LogP contribution < -0.4 is 10.5 Å². The Hall–Kier alpha value is -1.86. The number of halogens is 3. The fourth-order valence-corrected chi connectivity index (χ4v) is 3.05. The number of nitrogen functional groups attached to an aromatic ring is 1. The summed E-state index contributed by atoms with van der Waals surface area (Å²) in [7, 11) is -4.13. The number of rotatable bonds is 3. The van der Waals surface area contributed by atoms with Crippen LogP contribution in [0.25, 0.3) is 0 Å². The van der Waals surface area contributed by atoms with Crippen molar-refractivity contribution >= 4 is 33.0 Å². The summed E-state index contributed by atoms with van der Waals surface area (Å²) >= 11 is 5.72. The van der Waals surface area contributed by atoms with E-state index in [9.17, 15) is 17.2 Å². The maximum absolute atomic E-state index is 13.3. The zero-order valence-electron chi connectivity index (χ0n) is 9.90. The average Bonchev–Trinajstić information content (AvgIpc) is 2.36. The van der Waals surface area contributed by atoms with E-state index in [1.165, 1.54) is 12.1 Å². The third-order valence-electron chi connectivity index (χ3n) is 2.44. The Morgan fingerprint density at radius 1 is 1.10 bits per heavy atom. The molecule has 0 aromatic heterocycles. The predicted molar refractivity (Wildman–Crippen MR) is 73.0 cm³/mol. The second-order valence-electron chi connectivity index (χ2n) is 3.92. The highest BCUT2D eigenvalue weighted by Gasteiger charge is 2.19. The minimum Gasteiger partial charge on any atom is -0.396 e. The zero-order valence-corrected chi connectivity index (χ0v) is 11.5. The third kappa shape index (κ3) is 3.00. The first-order valence-corrected chi connectivity index (χ1v) is 7.18. The summed E-state index contributed by atoms with van der Waals surface area (Å²) < 4.78 is 52.6. The van der Waals surface area contributed by atoms with E-state index < -0.39 is 26.6 Å². The van der Waals surface area contributed by atoms with Crippen molar-refractivity contribution in [3.63, 3.8) is 0 Å². The second kappa shape index (κ2) is 5.26. The Balaban J connectivity index is 2.40. The number of hydrogen-bond donors (Lipinski definition) is 2. The number of hydrogen-bond acceptors (Lipinski definition) is 3. The van der Waals surface area contributed by atoms with Gasteiger partial charge in [-0.2, -0.15) is 0 Å². The van der Waals surface area contributed by atoms with Gasteiger partial charge in [-0.05, 0) is 30.3 Å². The molecule has 0 saturated carbocycles. The molecule has 0 aliphatic heterocycles. The molecule has 8 heteroatoms. The average molecular weight is 319 g/mol. The molecule has 0 aliphatic rings. The highest BCUT2D eigenvalue weighted by atomic mass is 35.5. The second-order valence-corrected chi connectivity index (χ2v) is 5.97. The van der Waals surface area contributed by atoms with Crippen molar-refractivity contribution in [3.05, 3.63) is 53.1 Å². The summed E-state index contributed by atoms with van der Waals surface area (Å²) in [6.45, 7) is 0. The fraction of sp³-hybridized carbons (Fsp3) is 0. The summed E-state index contributed by atoms with van der Waals surface area (Å²) in [6.07, 6.45) is 0. The van der Waals surface area contributed by atoms with Gasteiger partial charge in [0.05, 0.1) is 16.4 Å². The summed E-state index contributed by atoms with van der Waals surface area (Å²) in [5.41, 5.74) is 5.13. The maximum Gasteiger partial charge on any atom is 0.263 e. The van der Waals surface area contributed by atoms with Crippen LogP contribution in [0, 0.1) is 11.6 Å². The van der Waals surface area contributed by atoms with Gasteiger partial charge in [0.2, 0.25) is 0 Å². The maximum atomic E-state index is 13.3. The molecule has 106 valence electrons. The van der Waals surface area contributed by atoms with Gasteiger partial charge in [0.25, 0.3) is 10.0 Å². The van der Waals surface area contributed by atoms with Crippen molar-refractivity contribution in [1.29, 1.82) is 0 Å². The molecular formula is C12H9ClF2N2O2S. The van der Waals surface area contributed by atoms with Gasteiger partial charge >= 0.3 is 0 Å². The van der Waals surface area contributed by atoms with Crippen LogP contribution >= 0.6 is 11.6 Å². The molecule has 0 radical (unpaired) electrons. The van der Waals surface area contributed by atoms with Gasteiger partial charge in [-0.25, -0.2) is 17.2 Å². The summed E-state index contributed by atoms with van der Waals surface area (Å²) in [6, 6.07) is 6.33. The molecule has 0 spiro atoms. The molecule has 3 N–H and O–H groups in total. The molecule has 4 nitrogen and oxygen atoms in total. The normalized spacial score (nSPS) is 11.3. The lowest BCUT2D eigenvalue weighted by Crippen LogP contribution is -2.14. The highest BCUT2D eigenvalue weighted by molar-refractivity contribution is 7.92. The Labute approximate surface area is 119 Å². The SMILES string of the molecule is Nc1ccc(NS(=O)(=O)c2cc(F)ccc2Cl)cc1F. The molecule has 2 aromatic rings. The van der Waals surface area contributed by atoms with Gasteiger partial charge in [-0.1, -0.05) is 11.6 Å². The Kier molecular flexibility index (Phi) is 3.82. The van der Waals surface area contributed by atoms with Gasteiger partial charge in [-0.15, -0.1) is 0 Å². The van der Waals surface area contributed by atoms with Gasteiger partial charge in [0, 0.05) is 6.07 Å². The summed E-state index contributed by atoms with van der Waals surface area (Å²) in [4.78, 5) is -0.434. The van der Waals surface area contributed by atoms with Crippen LogP contribution in [0.1, 0.15) is 0 Å². The van der Waals surface area contributed by atoms with E-state index in [4.69, 9.17) is 17.3 Å². The molecule has 2 rings (SSSR count). The standard InChI is InChI=1S/C12H9ClF2N2O2S/c13-9-3-1-7(14)5-12(9)20(18,19)17-8-2-4-11(16)10(15)6-8/h1-6,17H,16H2. The lowest BCUT2D eigenvalue weighted by molar-refractivity contribution is 0.595. The number of nitrogens with two attached hydrogens (primary N) is 1. The lowest BCUT2D eigenvalue weighted by atomic mass is 10.3. The van der Waals surface area contributed by atoms with Crippen LogP contribution in [-0.4, -0.2) is 8.42 Å². The van der Waals surface area contributed by atoms with Crippen molar-refractivity contribution in [2.75, 3.05) is 10.5 Å². The van der Waals surface area contributed by atoms with E-state index in [2.05, 4.69) is 4.72 Å². The largest absolute Gasteiger partial charge is 0.396 e. The topological polar surface area (TPSA) is 72.2 Å². The smallest absolute Gasteiger partial charge is 0.263 e. The van der Waals surface area contributed by atoms with E-state index in [1.54, 1.807) is 0 Å².